The van der Waals surface area contributed by atoms with Gasteiger partial charge in [0, 0.05) is 6.61 Å². The number of fused-ring (bicyclic) bond motifs is 1. The number of nitrogens with zero attached hydrogens (tertiary/aromatic N) is 1. The molecule has 0 saturated carbocycles. The first kappa shape index (κ1) is 14.3. The van der Waals surface area contributed by atoms with Crippen LogP contribution in [0.5, 0.6) is 0 Å². The molecule has 6 heteroatoms. The maximum absolute atomic E-state index is 11.8. The van der Waals surface area contributed by atoms with Crippen LogP contribution in [0.25, 0.3) is 11.0 Å². The summed E-state index contributed by atoms with van der Waals surface area (Å²) >= 11 is 0. The third kappa shape index (κ3) is 3.08. The van der Waals surface area contributed by atoms with Crippen molar-refractivity contribution < 1.29 is 14.6 Å². The van der Waals surface area contributed by atoms with Gasteiger partial charge in [0.2, 0.25) is 0 Å². The van der Waals surface area contributed by atoms with Crippen molar-refractivity contribution in [2.75, 3.05) is 13.2 Å². The fourth-order valence-corrected chi connectivity index (χ4v) is 2.01. The number of hydrogen-bond donors (Lipinski definition) is 2. The summed E-state index contributed by atoms with van der Waals surface area (Å²) in [4.78, 5) is 25.5. The summed E-state index contributed by atoms with van der Waals surface area (Å²) in [5, 5.41) is 8.99. The van der Waals surface area contributed by atoms with E-state index in [0.29, 0.717) is 30.8 Å². The Bertz CT molecular complexity index is 657. The number of hydrogen-bond acceptors (Lipinski definition) is 3. The lowest BCUT2D eigenvalue weighted by atomic mass is 10.2. The van der Waals surface area contributed by atoms with Crippen molar-refractivity contribution in [3.05, 3.63) is 34.2 Å². The molecule has 0 aliphatic carbocycles. The number of aromatic amines is 1. The summed E-state index contributed by atoms with van der Waals surface area (Å²) in [5.74, 6) is -1.01. The Hall–Kier alpha value is -2.08. The quantitative estimate of drug-likeness (QED) is 0.757. The van der Waals surface area contributed by atoms with Gasteiger partial charge >= 0.3 is 11.7 Å². The number of rotatable bonds is 7. The second-order valence-electron chi connectivity index (χ2n) is 4.58. The van der Waals surface area contributed by atoms with Crippen LogP contribution in [0, 0.1) is 0 Å². The molecule has 0 aliphatic heterocycles. The number of ether oxygens (including phenoxy) is 1. The Kier molecular flexibility index (Phi) is 4.57. The largest absolute Gasteiger partial charge is 0.478 e. The number of unbranched alkanes of at least 4 members (excludes halogenated alkanes) is 1. The number of carbonyl (C=O) groups is 1. The maximum atomic E-state index is 11.8. The first-order valence-corrected chi connectivity index (χ1v) is 6.67. The van der Waals surface area contributed by atoms with Crippen molar-refractivity contribution in [1.82, 2.24) is 9.55 Å². The maximum Gasteiger partial charge on any atom is 0.335 e. The molecule has 2 aromatic rings. The normalized spacial score (nSPS) is 11.1. The highest BCUT2D eigenvalue weighted by molar-refractivity contribution is 5.92. The van der Waals surface area contributed by atoms with Gasteiger partial charge in [0.1, 0.15) is 0 Å². The molecule has 0 amide bonds. The number of aromatic carboxylic acids is 1. The van der Waals surface area contributed by atoms with Crippen molar-refractivity contribution in [2.45, 2.75) is 26.3 Å². The summed E-state index contributed by atoms with van der Waals surface area (Å²) in [7, 11) is 0. The fraction of sp³-hybridized carbons (Fsp3) is 0.429. The molecule has 1 heterocycles. The minimum atomic E-state index is -1.01. The van der Waals surface area contributed by atoms with E-state index in [1.165, 1.54) is 16.7 Å². The van der Waals surface area contributed by atoms with Gasteiger partial charge in [-0.3, -0.25) is 4.57 Å². The van der Waals surface area contributed by atoms with Crippen molar-refractivity contribution >= 4 is 17.0 Å². The van der Waals surface area contributed by atoms with Crippen molar-refractivity contribution in [3.63, 3.8) is 0 Å². The van der Waals surface area contributed by atoms with Crippen LogP contribution in [-0.2, 0) is 11.3 Å². The van der Waals surface area contributed by atoms with Gasteiger partial charge in [0.15, 0.2) is 0 Å². The van der Waals surface area contributed by atoms with E-state index in [0.717, 1.165) is 12.8 Å². The van der Waals surface area contributed by atoms with E-state index in [2.05, 4.69) is 11.9 Å². The van der Waals surface area contributed by atoms with Crippen LogP contribution in [0.1, 0.15) is 30.1 Å². The molecule has 0 fully saturated rings. The summed E-state index contributed by atoms with van der Waals surface area (Å²) in [6.45, 7) is 3.60. The Morgan fingerprint density at radius 3 is 2.90 bits per heavy atom. The van der Waals surface area contributed by atoms with Crippen molar-refractivity contribution in [1.29, 1.82) is 0 Å². The second kappa shape index (κ2) is 6.38. The van der Waals surface area contributed by atoms with Crippen LogP contribution in [-0.4, -0.2) is 33.8 Å². The van der Waals surface area contributed by atoms with Crippen LogP contribution in [0.3, 0.4) is 0 Å². The second-order valence-corrected chi connectivity index (χ2v) is 4.58. The highest BCUT2D eigenvalue weighted by Gasteiger charge is 2.10. The first-order valence-electron chi connectivity index (χ1n) is 6.67. The number of carboxylic acid groups (broad SMARTS) is 1. The van der Waals surface area contributed by atoms with E-state index in [1.807, 2.05) is 0 Å². The Labute approximate surface area is 116 Å². The molecule has 20 heavy (non-hydrogen) atoms. The van der Waals surface area contributed by atoms with Gasteiger partial charge < -0.3 is 14.8 Å². The van der Waals surface area contributed by atoms with E-state index in [-0.39, 0.29) is 11.3 Å². The molecule has 108 valence electrons. The molecule has 0 radical (unpaired) electrons. The van der Waals surface area contributed by atoms with Crippen LogP contribution < -0.4 is 5.69 Å². The predicted molar refractivity (Wildman–Crippen MR) is 75.2 cm³/mol. The van der Waals surface area contributed by atoms with Crippen molar-refractivity contribution in [3.8, 4) is 0 Å². The zero-order chi connectivity index (χ0) is 14.5. The van der Waals surface area contributed by atoms with E-state index in [4.69, 9.17) is 9.84 Å². The summed E-state index contributed by atoms with van der Waals surface area (Å²) in [6.07, 6.45) is 2.06. The zero-order valence-electron chi connectivity index (χ0n) is 11.4. The van der Waals surface area contributed by atoms with Gasteiger partial charge in [-0.15, -0.1) is 0 Å². The minimum absolute atomic E-state index is 0.164. The molecule has 1 aromatic heterocycles. The topological polar surface area (TPSA) is 84.3 Å². The lowest BCUT2D eigenvalue weighted by Gasteiger charge is -2.05. The standard InChI is InChI=1S/C14H18N2O4/c1-2-3-7-20-8-6-16-12-9-10(13(17)18)4-5-11(12)15-14(16)19/h4-5,9H,2-3,6-8H2,1H3,(H,15,19)(H,17,18). The number of carboxylic acids is 1. The van der Waals surface area contributed by atoms with Crippen LogP contribution in [0.2, 0.25) is 0 Å². The molecule has 2 rings (SSSR count). The van der Waals surface area contributed by atoms with E-state index in [1.54, 1.807) is 6.07 Å². The molecule has 6 nitrogen and oxygen atoms in total. The van der Waals surface area contributed by atoms with Gasteiger partial charge in [0.05, 0.1) is 29.7 Å². The third-order valence-electron chi connectivity index (χ3n) is 3.12. The van der Waals surface area contributed by atoms with Gasteiger partial charge in [-0.25, -0.2) is 9.59 Å². The van der Waals surface area contributed by atoms with Crippen LogP contribution >= 0.6 is 0 Å². The van der Waals surface area contributed by atoms with Crippen LogP contribution in [0.4, 0.5) is 0 Å². The number of nitrogens with one attached hydrogen (secondary N) is 1. The SMILES string of the molecule is CCCCOCCn1c(=O)[nH]c2ccc(C(=O)O)cc21. The number of benzene rings is 1. The van der Waals surface area contributed by atoms with E-state index in [9.17, 15) is 9.59 Å². The highest BCUT2D eigenvalue weighted by Crippen LogP contribution is 2.13. The molecular weight excluding hydrogens is 260 g/mol. The lowest BCUT2D eigenvalue weighted by Crippen LogP contribution is -2.19. The smallest absolute Gasteiger partial charge is 0.335 e. The highest BCUT2D eigenvalue weighted by atomic mass is 16.5. The average molecular weight is 278 g/mol. The Morgan fingerprint density at radius 2 is 2.20 bits per heavy atom. The minimum Gasteiger partial charge on any atom is -0.478 e. The monoisotopic (exact) mass is 278 g/mol. The van der Waals surface area contributed by atoms with Gasteiger partial charge in [-0.2, -0.15) is 0 Å². The number of H-pyrrole nitrogens is 1. The van der Waals surface area contributed by atoms with Gasteiger partial charge in [-0.1, -0.05) is 13.3 Å². The first-order chi connectivity index (χ1) is 9.63. The summed E-state index contributed by atoms with van der Waals surface area (Å²) in [5.41, 5.74) is 1.14. The summed E-state index contributed by atoms with van der Waals surface area (Å²) < 4.78 is 6.95. The summed E-state index contributed by atoms with van der Waals surface area (Å²) in [6, 6.07) is 4.58. The lowest BCUT2D eigenvalue weighted by molar-refractivity contribution is 0.0697. The van der Waals surface area contributed by atoms with Gasteiger partial charge in [-0.05, 0) is 24.6 Å². The zero-order valence-corrected chi connectivity index (χ0v) is 11.4. The van der Waals surface area contributed by atoms with E-state index < -0.39 is 5.97 Å². The fourth-order valence-electron chi connectivity index (χ4n) is 2.01. The molecule has 0 unspecified atom stereocenters. The average Bonchev–Trinajstić information content (AvgIpc) is 2.73. The molecule has 1 aromatic carbocycles. The van der Waals surface area contributed by atoms with Crippen LogP contribution in [0.15, 0.2) is 23.0 Å². The Morgan fingerprint density at radius 1 is 1.40 bits per heavy atom. The molecule has 0 saturated heterocycles. The molecule has 0 bridgehead atoms. The van der Waals surface area contributed by atoms with Crippen molar-refractivity contribution in [2.24, 2.45) is 0 Å². The third-order valence-corrected chi connectivity index (χ3v) is 3.12. The van der Waals surface area contributed by atoms with Gasteiger partial charge in [0.25, 0.3) is 0 Å². The molecule has 2 N–H and O–H groups in total. The molecule has 0 aliphatic rings. The molecule has 0 atom stereocenters. The number of imidazole rings is 1. The number of aromatic nitrogens is 2. The Balaban J connectivity index is 2.18. The molecular formula is C14H18N2O4. The van der Waals surface area contributed by atoms with E-state index >= 15 is 0 Å². The predicted octanol–water partition coefficient (Wildman–Crippen LogP) is 1.84. The molecule has 0 spiro atoms.